The molecule has 0 fully saturated rings. The summed E-state index contributed by atoms with van der Waals surface area (Å²) in [6.07, 6.45) is 6.73. The molecule has 0 amide bonds. The standard InChI is InChI=1S/C7H5N7/c1-2-9-13(3-1)7-5-8-4-6-10-11-12-14(6)7/h1-5H. The molecule has 14 heavy (non-hydrogen) atoms. The summed E-state index contributed by atoms with van der Waals surface area (Å²) < 4.78 is 3.22. The van der Waals surface area contributed by atoms with Crippen molar-refractivity contribution in [1.82, 2.24) is 34.8 Å². The van der Waals surface area contributed by atoms with Gasteiger partial charge in [-0.25, -0.2) is 4.68 Å². The molecular weight excluding hydrogens is 182 g/mol. The first-order chi connectivity index (χ1) is 6.95. The molecule has 0 saturated heterocycles. The lowest BCUT2D eigenvalue weighted by atomic mass is 10.6. The molecular formula is C7H5N7. The van der Waals surface area contributed by atoms with Crippen LogP contribution in [-0.4, -0.2) is 34.8 Å². The molecule has 68 valence electrons. The number of aromatic nitrogens is 7. The van der Waals surface area contributed by atoms with E-state index >= 15 is 0 Å². The van der Waals surface area contributed by atoms with Gasteiger partial charge < -0.3 is 0 Å². The summed E-state index contributed by atoms with van der Waals surface area (Å²) >= 11 is 0. The summed E-state index contributed by atoms with van der Waals surface area (Å²) in [7, 11) is 0. The molecule has 0 N–H and O–H groups in total. The van der Waals surface area contributed by atoms with E-state index in [2.05, 4.69) is 25.6 Å². The average molecular weight is 187 g/mol. The summed E-state index contributed by atoms with van der Waals surface area (Å²) in [5, 5.41) is 15.2. The maximum atomic E-state index is 4.08. The highest BCUT2D eigenvalue weighted by molar-refractivity contribution is 5.36. The second-order valence-electron chi connectivity index (χ2n) is 2.66. The quantitative estimate of drug-likeness (QED) is 0.523. The molecule has 0 aliphatic rings. The van der Waals surface area contributed by atoms with Gasteiger partial charge in [0.2, 0.25) is 0 Å². The smallest absolute Gasteiger partial charge is 0.199 e. The molecule has 0 unspecified atom stereocenters. The topological polar surface area (TPSA) is 73.8 Å². The number of hydrogen-bond acceptors (Lipinski definition) is 5. The van der Waals surface area contributed by atoms with Gasteiger partial charge in [0.15, 0.2) is 11.5 Å². The average Bonchev–Trinajstić information content (AvgIpc) is 2.88. The van der Waals surface area contributed by atoms with E-state index in [0.29, 0.717) is 11.5 Å². The first-order valence-corrected chi connectivity index (χ1v) is 3.97. The van der Waals surface area contributed by atoms with E-state index in [1.807, 2.05) is 6.07 Å². The van der Waals surface area contributed by atoms with Crippen LogP contribution in [0, 0.1) is 0 Å². The van der Waals surface area contributed by atoms with Crippen LogP contribution in [0.3, 0.4) is 0 Å². The van der Waals surface area contributed by atoms with Gasteiger partial charge in [-0.2, -0.15) is 9.61 Å². The second kappa shape index (κ2) is 2.59. The van der Waals surface area contributed by atoms with E-state index in [9.17, 15) is 0 Å². The first-order valence-electron chi connectivity index (χ1n) is 3.97. The molecule has 3 heterocycles. The monoisotopic (exact) mass is 187 g/mol. The third-order valence-electron chi connectivity index (χ3n) is 1.83. The molecule has 7 nitrogen and oxygen atoms in total. The highest BCUT2D eigenvalue weighted by atomic mass is 15.5. The zero-order valence-corrected chi connectivity index (χ0v) is 7.02. The third-order valence-corrected chi connectivity index (χ3v) is 1.83. The van der Waals surface area contributed by atoms with E-state index in [1.165, 1.54) is 0 Å². The molecule has 0 aromatic carbocycles. The Labute approximate surface area is 78.0 Å². The molecule has 0 spiro atoms. The number of rotatable bonds is 1. The Kier molecular flexibility index (Phi) is 1.32. The van der Waals surface area contributed by atoms with Crippen LogP contribution in [0.1, 0.15) is 0 Å². The van der Waals surface area contributed by atoms with Gasteiger partial charge in [0, 0.05) is 12.4 Å². The van der Waals surface area contributed by atoms with Crippen molar-refractivity contribution >= 4 is 5.65 Å². The lowest BCUT2D eigenvalue weighted by Crippen LogP contribution is -2.04. The van der Waals surface area contributed by atoms with Gasteiger partial charge in [-0.3, -0.25) is 4.98 Å². The Morgan fingerprint density at radius 2 is 2.21 bits per heavy atom. The van der Waals surface area contributed by atoms with Gasteiger partial charge in [0.05, 0.1) is 12.4 Å². The fourth-order valence-corrected chi connectivity index (χ4v) is 1.22. The maximum absolute atomic E-state index is 4.08. The molecule has 0 saturated carbocycles. The normalized spacial score (nSPS) is 10.9. The fraction of sp³-hybridized carbons (Fsp3) is 0. The zero-order chi connectivity index (χ0) is 9.38. The predicted molar refractivity (Wildman–Crippen MR) is 45.7 cm³/mol. The van der Waals surface area contributed by atoms with E-state index in [1.54, 1.807) is 34.0 Å². The highest BCUT2D eigenvalue weighted by Gasteiger charge is 2.04. The van der Waals surface area contributed by atoms with Crippen molar-refractivity contribution in [2.24, 2.45) is 0 Å². The molecule has 3 aromatic rings. The number of nitrogens with zero attached hydrogens (tertiary/aromatic N) is 7. The number of fused-ring (bicyclic) bond motifs is 1. The van der Waals surface area contributed by atoms with E-state index in [0.717, 1.165) is 0 Å². The maximum Gasteiger partial charge on any atom is 0.199 e. The lowest BCUT2D eigenvalue weighted by Gasteiger charge is -2.00. The van der Waals surface area contributed by atoms with Gasteiger partial charge in [-0.15, -0.1) is 5.10 Å². The largest absolute Gasteiger partial charge is 0.257 e. The van der Waals surface area contributed by atoms with Crippen molar-refractivity contribution in [2.45, 2.75) is 0 Å². The summed E-state index contributed by atoms with van der Waals surface area (Å²) in [4.78, 5) is 4.02. The third kappa shape index (κ3) is 0.889. The van der Waals surface area contributed by atoms with Gasteiger partial charge >= 0.3 is 0 Å². The van der Waals surface area contributed by atoms with Gasteiger partial charge in [0.1, 0.15) is 0 Å². The van der Waals surface area contributed by atoms with Crippen molar-refractivity contribution in [3.05, 3.63) is 30.9 Å². The summed E-state index contributed by atoms with van der Waals surface area (Å²) in [6, 6.07) is 1.82. The van der Waals surface area contributed by atoms with Crippen LogP contribution >= 0.6 is 0 Å². The van der Waals surface area contributed by atoms with Crippen molar-refractivity contribution in [3.8, 4) is 5.82 Å². The molecule has 3 rings (SSSR count). The Hall–Kier alpha value is -2.31. The minimum atomic E-state index is 0.595. The lowest BCUT2D eigenvalue weighted by molar-refractivity contribution is 0.746. The SMILES string of the molecule is c1cnn(-c2cncc3nnnn23)c1. The zero-order valence-electron chi connectivity index (χ0n) is 7.02. The fourth-order valence-electron chi connectivity index (χ4n) is 1.22. The van der Waals surface area contributed by atoms with Crippen LogP contribution < -0.4 is 0 Å². The molecule has 0 radical (unpaired) electrons. The summed E-state index contributed by atoms with van der Waals surface area (Å²) in [5.41, 5.74) is 0.595. The first kappa shape index (κ1) is 7.13. The minimum absolute atomic E-state index is 0.595. The van der Waals surface area contributed by atoms with Crippen LogP contribution in [-0.2, 0) is 0 Å². The predicted octanol–water partition coefficient (Wildman–Crippen LogP) is -0.295. The molecule has 0 aliphatic heterocycles. The van der Waals surface area contributed by atoms with Gasteiger partial charge in [0.25, 0.3) is 0 Å². The van der Waals surface area contributed by atoms with E-state index in [-0.39, 0.29) is 0 Å². The Balaban J connectivity index is 2.36. The Morgan fingerprint density at radius 1 is 1.21 bits per heavy atom. The summed E-state index contributed by atoms with van der Waals surface area (Å²) in [5.74, 6) is 0.706. The van der Waals surface area contributed by atoms with Crippen LogP contribution in [0.4, 0.5) is 0 Å². The molecule has 7 heteroatoms. The molecule has 0 bridgehead atoms. The number of hydrogen-bond donors (Lipinski definition) is 0. The van der Waals surface area contributed by atoms with E-state index in [4.69, 9.17) is 0 Å². The minimum Gasteiger partial charge on any atom is -0.257 e. The van der Waals surface area contributed by atoms with Crippen LogP contribution in [0.15, 0.2) is 30.9 Å². The molecule has 0 atom stereocenters. The summed E-state index contributed by atoms with van der Waals surface area (Å²) in [6.45, 7) is 0. The molecule has 3 aromatic heterocycles. The van der Waals surface area contributed by atoms with E-state index < -0.39 is 0 Å². The van der Waals surface area contributed by atoms with Crippen molar-refractivity contribution < 1.29 is 0 Å². The highest BCUT2D eigenvalue weighted by Crippen LogP contribution is 2.04. The van der Waals surface area contributed by atoms with Gasteiger partial charge in [-0.05, 0) is 16.5 Å². The van der Waals surface area contributed by atoms with Crippen LogP contribution in [0.2, 0.25) is 0 Å². The van der Waals surface area contributed by atoms with Crippen molar-refractivity contribution in [1.29, 1.82) is 0 Å². The second-order valence-corrected chi connectivity index (χ2v) is 2.66. The Morgan fingerprint density at radius 3 is 3.07 bits per heavy atom. The Bertz CT molecular complexity index is 552. The van der Waals surface area contributed by atoms with Gasteiger partial charge in [-0.1, -0.05) is 0 Å². The van der Waals surface area contributed by atoms with Crippen molar-refractivity contribution in [3.63, 3.8) is 0 Å². The number of tetrazole rings is 1. The van der Waals surface area contributed by atoms with Crippen molar-refractivity contribution in [2.75, 3.05) is 0 Å². The van der Waals surface area contributed by atoms with Crippen LogP contribution in [0.5, 0.6) is 0 Å². The molecule has 0 aliphatic carbocycles. The van der Waals surface area contributed by atoms with Crippen LogP contribution in [0.25, 0.3) is 11.5 Å².